The molecule has 7 heteroatoms. The van der Waals surface area contributed by atoms with Crippen LogP contribution in [0.25, 0.3) is 22.6 Å². The minimum Gasteiger partial charge on any atom is -0.436 e. The van der Waals surface area contributed by atoms with Crippen molar-refractivity contribution in [1.82, 2.24) is 15.2 Å². The van der Waals surface area contributed by atoms with Crippen LogP contribution in [0.1, 0.15) is 16.8 Å². The Labute approximate surface area is 160 Å². The number of likely N-dealkylation sites (tertiary alicyclic amines) is 1. The summed E-state index contributed by atoms with van der Waals surface area (Å²) in [7, 11) is 2.05. The van der Waals surface area contributed by atoms with Gasteiger partial charge in [-0.05, 0) is 56.4 Å². The summed E-state index contributed by atoms with van der Waals surface area (Å²) in [5.41, 5.74) is 2.47. The maximum absolute atomic E-state index is 12.5. The SMILES string of the molecule is CN1CCC(NC(=O)c2ccc3nc(-c4cc(Cl)cc(Cl)c4)oc3c2)C1. The molecular formula is C19H17Cl2N3O2. The van der Waals surface area contributed by atoms with Crippen LogP contribution in [0.4, 0.5) is 0 Å². The van der Waals surface area contributed by atoms with Crippen LogP contribution in [0, 0.1) is 0 Å². The Morgan fingerprint density at radius 1 is 1.23 bits per heavy atom. The van der Waals surface area contributed by atoms with E-state index >= 15 is 0 Å². The Bertz CT molecular complexity index is 966. The van der Waals surface area contributed by atoms with Crippen molar-refractivity contribution in [1.29, 1.82) is 0 Å². The van der Waals surface area contributed by atoms with Crippen molar-refractivity contribution < 1.29 is 9.21 Å². The highest BCUT2D eigenvalue weighted by atomic mass is 35.5. The van der Waals surface area contributed by atoms with Crippen LogP contribution in [0.3, 0.4) is 0 Å². The van der Waals surface area contributed by atoms with Gasteiger partial charge < -0.3 is 14.6 Å². The average Bonchev–Trinajstić information content (AvgIpc) is 3.19. The standard InChI is InChI=1S/C19H17Cl2N3O2/c1-24-5-4-15(10-24)22-18(25)11-2-3-16-17(8-11)26-19(23-16)12-6-13(20)9-14(21)7-12/h2-3,6-9,15H,4-5,10H2,1H3,(H,22,25). The van der Waals surface area contributed by atoms with Gasteiger partial charge in [0.1, 0.15) is 5.52 Å². The van der Waals surface area contributed by atoms with Crippen molar-refractivity contribution in [3.05, 3.63) is 52.0 Å². The molecule has 2 heterocycles. The first-order valence-corrected chi connectivity index (χ1v) is 9.10. The van der Waals surface area contributed by atoms with Gasteiger partial charge in [0.2, 0.25) is 5.89 Å². The molecule has 26 heavy (non-hydrogen) atoms. The number of carbonyl (C=O) groups is 1. The Hall–Kier alpha value is -2.08. The minimum absolute atomic E-state index is 0.101. The number of hydrogen-bond donors (Lipinski definition) is 1. The lowest BCUT2D eigenvalue weighted by Gasteiger charge is -2.12. The molecule has 1 aliphatic heterocycles. The number of halogens is 2. The number of carbonyl (C=O) groups excluding carboxylic acids is 1. The third kappa shape index (κ3) is 3.56. The van der Waals surface area contributed by atoms with E-state index in [2.05, 4.69) is 22.2 Å². The van der Waals surface area contributed by atoms with E-state index in [4.69, 9.17) is 27.6 Å². The maximum Gasteiger partial charge on any atom is 0.251 e. The van der Waals surface area contributed by atoms with Crippen LogP contribution in [0.2, 0.25) is 10.0 Å². The van der Waals surface area contributed by atoms with Gasteiger partial charge in [0, 0.05) is 33.8 Å². The lowest BCUT2D eigenvalue weighted by molar-refractivity contribution is 0.0938. The number of benzene rings is 2. The van der Waals surface area contributed by atoms with Gasteiger partial charge in [0.15, 0.2) is 5.58 Å². The van der Waals surface area contributed by atoms with Gasteiger partial charge in [-0.15, -0.1) is 0 Å². The maximum atomic E-state index is 12.5. The fourth-order valence-corrected chi connectivity index (χ4v) is 3.71. The fraction of sp³-hybridized carbons (Fsp3) is 0.263. The highest BCUT2D eigenvalue weighted by Crippen LogP contribution is 2.29. The summed E-state index contributed by atoms with van der Waals surface area (Å²) in [5, 5.41) is 4.09. The number of nitrogens with one attached hydrogen (secondary N) is 1. The number of hydrogen-bond acceptors (Lipinski definition) is 4. The first-order valence-electron chi connectivity index (χ1n) is 8.34. The monoisotopic (exact) mass is 389 g/mol. The molecule has 1 atom stereocenters. The van der Waals surface area contributed by atoms with Gasteiger partial charge in [0.25, 0.3) is 5.91 Å². The number of amides is 1. The summed E-state index contributed by atoms with van der Waals surface area (Å²) in [6.07, 6.45) is 0.965. The molecule has 1 aliphatic rings. The number of fused-ring (bicyclic) bond motifs is 1. The number of aromatic nitrogens is 1. The normalized spacial score (nSPS) is 17.7. The summed E-state index contributed by atoms with van der Waals surface area (Å²) >= 11 is 12.1. The summed E-state index contributed by atoms with van der Waals surface area (Å²) in [4.78, 5) is 19.1. The van der Waals surface area contributed by atoms with Crippen LogP contribution in [0.5, 0.6) is 0 Å². The summed E-state index contributed by atoms with van der Waals surface area (Å²) < 4.78 is 5.83. The molecule has 4 rings (SSSR count). The molecule has 1 saturated heterocycles. The Morgan fingerprint density at radius 3 is 2.69 bits per heavy atom. The first kappa shape index (κ1) is 17.3. The van der Waals surface area contributed by atoms with Gasteiger partial charge >= 0.3 is 0 Å². The van der Waals surface area contributed by atoms with E-state index in [1.807, 2.05) is 0 Å². The van der Waals surface area contributed by atoms with Gasteiger partial charge in [-0.1, -0.05) is 23.2 Å². The van der Waals surface area contributed by atoms with E-state index in [1.165, 1.54) is 0 Å². The van der Waals surface area contributed by atoms with Crippen LogP contribution in [0.15, 0.2) is 40.8 Å². The Balaban J connectivity index is 1.60. The average molecular weight is 390 g/mol. The second-order valence-corrected chi connectivity index (χ2v) is 7.45. The van der Waals surface area contributed by atoms with Crippen LogP contribution < -0.4 is 5.32 Å². The van der Waals surface area contributed by atoms with Gasteiger partial charge in [-0.3, -0.25) is 4.79 Å². The molecule has 3 aromatic rings. The zero-order chi connectivity index (χ0) is 18.3. The first-order chi connectivity index (χ1) is 12.5. The fourth-order valence-electron chi connectivity index (χ4n) is 3.19. The molecule has 0 spiro atoms. The second kappa shape index (κ2) is 6.91. The zero-order valence-corrected chi connectivity index (χ0v) is 15.6. The molecule has 0 aliphatic carbocycles. The lowest BCUT2D eigenvalue weighted by atomic mass is 10.1. The third-order valence-corrected chi connectivity index (χ3v) is 4.92. The molecule has 1 aromatic heterocycles. The zero-order valence-electron chi connectivity index (χ0n) is 14.1. The topological polar surface area (TPSA) is 58.4 Å². The van der Waals surface area contributed by atoms with E-state index in [9.17, 15) is 4.79 Å². The number of nitrogens with zero attached hydrogens (tertiary/aromatic N) is 2. The molecule has 0 bridgehead atoms. The molecule has 1 unspecified atom stereocenters. The van der Waals surface area contributed by atoms with Crippen molar-refractivity contribution in [2.24, 2.45) is 0 Å². The number of oxazole rings is 1. The van der Waals surface area contributed by atoms with Crippen molar-refractivity contribution in [3.8, 4) is 11.5 Å². The van der Waals surface area contributed by atoms with Crippen molar-refractivity contribution in [2.75, 3.05) is 20.1 Å². The molecule has 134 valence electrons. The van der Waals surface area contributed by atoms with E-state index in [0.29, 0.717) is 38.2 Å². The van der Waals surface area contributed by atoms with Crippen molar-refractivity contribution in [3.63, 3.8) is 0 Å². The predicted molar refractivity (Wildman–Crippen MR) is 103 cm³/mol. The van der Waals surface area contributed by atoms with E-state index < -0.39 is 0 Å². The van der Waals surface area contributed by atoms with Crippen LogP contribution in [-0.4, -0.2) is 42.0 Å². The molecule has 0 radical (unpaired) electrons. The second-order valence-electron chi connectivity index (χ2n) is 6.58. The quantitative estimate of drug-likeness (QED) is 0.727. The molecule has 2 aromatic carbocycles. The summed E-state index contributed by atoms with van der Waals surface area (Å²) in [6.45, 7) is 1.87. The Kier molecular flexibility index (Phi) is 4.61. The lowest BCUT2D eigenvalue weighted by Crippen LogP contribution is -2.36. The summed E-state index contributed by atoms with van der Waals surface area (Å²) in [5.74, 6) is 0.315. The van der Waals surface area contributed by atoms with Crippen molar-refractivity contribution in [2.45, 2.75) is 12.5 Å². The van der Waals surface area contributed by atoms with Crippen LogP contribution >= 0.6 is 23.2 Å². The number of likely N-dealkylation sites (N-methyl/N-ethyl adjacent to an activating group) is 1. The highest BCUT2D eigenvalue weighted by molar-refractivity contribution is 6.35. The molecule has 1 fully saturated rings. The van der Waals surface area contributed by atoms with E-state index in [1.54, 1.807) is 36.4 Å². The summed E-state index contributed by atoms with van der Waals surface area (Å²) in [6, 6.07) is 10.6. The van der Waals surface area contributed by atoms with Gasteiger partial charge in [-0.25, -0.2) is 4.98 Å². The van der Waals surface area contributed by atoms with Crippen LogP contribution in [-0.2, 0) is 0 Å². The van der Waals surface area contributed by atoms with Gasteiger partial charge in [0.05, 0.1) is 0 Å². The molecular weight excluding hydrogens is 373 g/mol. The number of rotatable bonds is 3. The largest absolute Gasteiger partial charge is 0.436 e. The van der Waals surface area contributed by atoms with E-state index in [-0.39, 0.29) is 11.9 Å². The molecule has 0 saturated carbocycles. The molecule has 5 nitrogen and oxygen atoms in total. The minimum atomic E-state index is -0.101. The van der Waals surface area contributed by atoms with Gasteiger partial charge in [-0.2, -0.15) is 0 Å². The molecule has 1 N–H and O–H groups in total. The van der Waals surface area contributed by atoms with E-state index in [0.717, 1.165) is 19.5 Å². The predicted octanol–water partition coefficient (Wildman–Crippen LogP) is 4.24. The highest BCUT2D eigenvalue weighted by Gasteiger charge is 2.22. The third-order valence-electron chi connectivity index (χ3n) is 4.49. The molecule has 1 amide bonds. The van der Waals surface area contributed by atoms with Crippen molar-refractivity contribution >= 4 is 40.2 Å². The Morgan fingerprint density at radius 2 is 2.00 bits per heavy atom. The smallest absolute Gasteiger partial charge is 0.251 e.